The van der Waals surface area contributed by atoms with Crippen molar-refractivity contribution < 1.29 is 24.2 Å². The molecule has 0 spiro atoms. The maximum Gasteiger partial charge on any atom is 0.414 e. The number of benzene rings is 1. The van der Waals surface area contributed by atoms with E-state index in [1.54, 1.807) is 12.3 Å². The van der Waals surface area contributed by atoms with Crippen LogP contribution in [0.4, 0.5) is 4.39 Å². The number of carboxylic acid groups (broad SMARTS) is 2. The second-order valence-electron chi connectivity index (χ2n) is 2.95. The molecule has 17 heavy (non-hydrogen) atoms. The van der Waals surface area contributed by atoms with Crippen LogP contribution < -0.4 is 0 Å². The molecule has 0 radical (unpaired) electrons. The zero-order valence-corrected chi connectivity index (χ0v) is 8.50. The van der Waals surface area contributed by atoms with Gasteiger partial charge in [-0.3, -0.25) is 4.98 Å². The van der Waals surface area contributed by atoms with Gasteiger partial charge in [-0.05, 0) is 18.2 Å². The first-order valence-corrected chi connectivity index (χ1v) is 4.47. The summed E-state index contributed by atoms with van der Waals surface area (Å²) in [6.07, 6.45) is 1.65. The van der Waals surface area contributed by atoms with Gasteiger partial charge >= 0.3 is 11.9 Å². The molecule has 0 aliphatic heterocycles. The molecule has 0 bridgehead atoms. The van der Waals surface area contributed by atoms with Crippen LogP contribution in [0.25, 0.3) is 10.9 Å². The molecule has 88 valence electrons. The van der Waals surface area contributed by atoms with E-state index in [1.165, 1.54) is 12.1 Å². The molecule has 0 fully saturated rings. The number of carboxylic acids is 2. The van der Waals surface area contributed by atoms with E-state index in [2.05, 4.69) is 4.98 Å². The van der Waals surface area contributed by atoms with Crippen LogP contribution in [0.1, 0.15) is 0 Å². The summed E-state index contributed by atoms with van der Waals surface area (Å²) in [6, 6.07) is 8.32. The molecule has 0 atom stereocenters. The van der Waals surface area contributed by atoms with Gasteiger partial charge < -0.3 is 10.2 Å². The minimum Gasteiger partial charge on any atom is -0.473 e. The Hall–Kier alpha value is -2.50. The SMILES string of the molecule is Fc1ccc2cccnc2c1.O=C(O)C(=O)O. The summed E-state index contributed by atoms with van der Waals surface area (Å²) in [5.41, 5.74) is 0.701. The third-order valence-electron chi connectivity index (χ3n) is 1.75. The fraction of sp³-hybridized carbons (Fsp3) is 0. The van der Waals surface area contributed by atoms with Crippen LogP contribution >= 0.6 is 0 Å². The molecular weight excluding hydrogens is 229 g/mol. The van der Waals surface area contributed by atoms with Crippen molar-refractivity contribution in [2.45, 2.75) is 0 Å². The van der Waals surface area contributed by atoms with Crippen LogP contribution in [0, 0.1) is 5.82 Å². The molecule has 1 heterocycles. The monoisotopic (exact) mass is 237 g/mol. The standard InChI is InChI=1S/C9H6FN.C2H2O4/c10-8-4-3-7-2-1-5-11-9(7)6-8;3-1(4)2(5)6/h1-6H;(H,3,4)(H,5,6). The predicted octanol–water partition coefficient (Wildman–Crippen LogP) is 1.53. The summed E-state index contributed by atoms with van der Waals surface area (Å²) in [5.74, 6) is -3.89. The van der Waals surface area contributed by atoms with Gasteiger partial charge in [0, 0.05) is 17.6 Å². The van der Waals surface area contributed by atoms with Gasteiger partial charge in [-0.1, -0.05) is 6.07 Å². The van der Waals surface area contributed by atoms with Gasteiger partial charge in [0.15, 0.2) is 0 Å². The van der Waals surface area contributed by atoms with Crippen molar-refractivity contribution in [3.05, 3.63) is 42.3 Å². The molecule has 6 heteroatoms. The smallest absolute Gasteiger partial charge is 0.414 e. The summed E-state index contributed by atoms with van der Waals surface area (Å²) in [6.45, 7) is 0. The van der Waals surface area contributed by atoms with Gasteiger partial charge in [-0.2, -0.15) is 0 Å². The molecule has 2 rings (SSSR count). The summed E-state index contributed by atoms with van der Waals surface area (Å²) >= 11 is 0. The normalized spacial score (nSPS) is 9.24. The highest BCUT2D eigenvalue weighted by Gasteiger charge is 2.04. The second-order valence-corrected chi connectivity index (χ2v) is 2.95. The summed E-state index contributed by atoms with van der Waals surface area (Å²) in [5, 5.41) is 15.7. The maximum atomic E-state index is 12.6. The molecule has 1 aromatic carbocycles. The van der Waals surface area contributed by atoms with Gasteiger partial charge in [0.1, 0.15) is 5.82 Å². The largest absolute Gasteiger partial charge is 0.473 e. The van der Waals surface area contributed by atoms with Crippen molar-refractivity contribution >= 4 is 22.8 Å². The molecule has 1 aromatic heterocycles. The number of nitrogens with zero attached hydrogens (tertiary/aromatic N) is 1. The van der Waals surface area contributed by atoms with Gasteiger partial charge in [-0.25, -0.2) is 14.0 Å². The number of pyridine rings is 1. The summed E-state index contributed by atoms with van der Waals surface area (Å²) in [4.78, 5) is 22.2. The maximum absolute atomic E-state index is 12.6. The van der Waals surface area contributed by atoms with Crippen molar-refractivity contribution in [1.82, 2.24) is 4.98 Å². The molecular formula is C11H8FNO4. The number of rotatable bonds is 0. The summed E-state index contributed by atoms with van der Waals surface area (Å²) < 4.78 is 12.6. The Labute approximate surface area is 95.1 Å². The zero-order valence-electron chi connectivity index (χ0n) is 8.50. The Bertz CT molecular complexity index is 544. The average Bonchev–Trinajstić information content (AvgIpc) is 2.29. The van der Waals surface area contributed by atoms with Crippen LogP contribution in [0.15, 0.2) is 36.5 Å². The molecule has 2 N–H and O–H groups in total. The Morgan fingerprint density at radius 3 is 2.35 bits per heavy atom. The van der Waals surface area contributed by atoms with Gasteiger partial charge in [0.05, 0.1) is 5.52 Å². The van der Waals surface area contributed by atoms with Crippen molar-refractivity contribution in [3.8, 4) is 0 Å². The lowest BCUT2D eigenvalue weighted by Gasteiger charge is -1.93. The van der Waals surface area contributed by atoms with E-state index in [0.717, 1.165) is 5.39 Å². The van der Waals surface area contributed by atoms with Crippen molar-refractivity contribution in [2.75, 3.05) is 0 Å². The number of hydrogen-bond acceptors (Lipinski definition) is 3. The third kappa shape index (κ3) is 3.86. The second kappa shape index (κ2) is 5.55. The van der Waals surface area contributed by atoms with Crippen molar-refractivity contribution in [3.63, 3.8) is 0 Å². The lowest BCUT2D eigenvalue weighted by atomic mass is 10.2. The quantitative estimate of drug-likeness (QED) is 0.678. The topological polar surface area (TPSA) is 87.5 Å². The Balaban J connectivity index is 0.000000209. The van der Waals surface area contributed by atoms with E-state index < -0.39 is 11.9 Å². The first-order valence-electron chi connectivity index (χ1n) is 4.47. The fourth-order valence-electron chi connectivity index (χ4n) is 1.04. The number of hydrogen-bond donors (Lipinski definition) is 2. The first kappa shape index (κ1) is 12.6. The zero-order chi connectivity index (χ0) is 12.8. The van der Waals surface area contributed by atoms with Crippen LogP contribution in [0.3, 0.4) is 0 Å². The predicted molar refractivity (Wildman–Crippen MR) is 57.0 cm³/mol. The molecule has 0 aliphatic rings. The van der Waals surface area contributed by atoms with Crippen LogP contribution in [-0.2, 0) is 9.59 Å². The van der Waals surface area contributed by atoms with Crippen LogP contribution in [-0.4, -0.2) is 27.1 Å². The molecule has 0 amide bonds. The number of fused-ring (bicyclic) bond motifs is 1. The lowest BCUT2D eigenvalue weighted by molar-refractivity contribution is -0.159. The minimum atomic E-state index is -1.82. The van der Waals surface area contributed by atoms with Gasteiger partial charge in [-0.15, -0.1) is 0 Å². The van der Waals surface area contributed by atoms with Crippen molar-refractivity contribution in [1.29, 1.82) is 0 Å². The average molecular weight is 237 g/mol. The molecule has 2 aromatic rings. The first-order chi connectivity index (χ1) is 8.00. The summed E-state index contributed by atoms with van der Waals surface area (Å²) in [7, 11) is 0. The minimum absolute atomic E-state index is 0.240. The number of aromatic nitrogens is 1. The van der Waals surface area contributed by atoms with Crippen LogP contribution in [0.2, 0.25) is 0 Å². The van der Waals surface area contributed by atoms with Gasteiger partial charge in [0.2, 0.25) is 0 Å². The van der Waals surface area contributed by atoms with Gasteiger partial charge in [0.25, 0.3) is 0 Å². The fourth-order valence-corrected chi connectivity index (χ4v) is 1.04. The molecule has 0 saturated heterocycles. The molecule has 5 nitrogen and oxygen atoms in total. The van der Waals surface area contributed by atoms with Crippen molar-refractivity contribution in [2.24, 2.45) is 0 Å². The third-order valence-corrected chi connectivity index (χ3v) is 1.75. The number of aliphatic carboxylic acids is 2. The number of carbonyl (C=O) groups is 2. The van der Waals surface area contributed by atoms with E-state index in [9.17, 15) is 4.39 Å². The highest BCUT2D eigenvalue weighted by atomic mass is 19.1. The Morgan fingerprint density at radius 1 is 1.12 bits per heavy atom. The van der Waals surface area contributed by atoms with E-state index in [0.29, 0.717) is 5.52 Å². The number of halogens is 1. The van der Waals surface area contributed by atoms with E-state index in [1.807, 2.05) is 12.1 Å². The van der Waals surface area contributed by atoms with E-state index in [-0.39, 0.29) is 5.82 Å². The van der Waals surface area contributed by atoms with E-state index >= 15 is 0 Å². The Kier molecular flexibility index (Phi) is 4.10. The highest BCUT2D eigenvalue weighted by molar-refractivity contribution is 6.27. The van der Waals surface area contributed by atoms with Crippen LogP contribution in [0.5, 0.6) is 0 Å². The Morgan fingerprint density at radius 2 is 1.76 bits per heavy atom. The molecule has 0 saturated carbocycles. The lowest BCUT2D eigenvalue weighted by Crippen LogP contribution is -2.09. The van der Waals surface area contributed by atoms with E-state index in [4.69, 9.17) is 19.8 Å². The molecule has 0 unspecified atom stereocenters. The molecule has 0 aliphatic carbocycles. The highest BCUT2D eigenvalue weighted by Crippen LogP contribution is 2.11.